The summed E-state index contributed by atoms with van der Waals surface area (Å²) in [6, 6.07) is 0. The molecule has 1 aliphatic heterocycles. The lowest BCUT2D eigenvalue weighted by Gasteiger charge is -2.53. The van der Waals surface area contributed by atoms with Crippen molar-refractivity contribution in [2.45, 2.75) is 84.3 Å². The van der Waals surface area contributed by atoms with Gasteiger partial charge in [0.25, 0.3) is 0 Å². The standard InChI is InChI=1S/C18H31NO4/c1-16(2,3)23-15(22)19-11-6-13(14(20)21)12-18(19)9-7-17(4,5)8-10-18/h13H,6-12H2,1-5H3,(H,20,21). The number of nitrogens with zero attached hydrogens (tertiary/aromatic N) is 1. The molecule has 2 fully saturated rings. The summed E-state index contributed by atoms with van der Waals surface area (Å²) in [7, 11) is 0. The molecular formula is C18H31NO4. The van der Waals surface area contributed by atoms with Crippen molar-refractivity contribution in [2.24, 2.45) is 11.3 Å². The molecule has 1 atom stereocenters. The van der Waals surface area contributed by atoms with Gasteiger partial charge in [-0.05, 0) is 64.7 Å². The third-order valence-electron chi connectivity index (χ3n) is 5.40. The second kappa shape index (κ2) is 5.99. The predicted molar refractivity (Wildman–Crippen MR) is 88.3 cm³/mol. The highest BCUT2D eigenvalue weighted by Gasteiger charge is 2.50. The molecule has 0 radical (unpaired) electrons. The van der Waals surface area contributed by atoms with Gasteiger partial charge in [-0.2, -0.15) is 0 Å². The van der Waals surface area contributed by atoms with Crippen molar-refractivity contribution in [2.75, 3.05) is 6.54 Å². The molecule has 2 aliphatic rings. The average molecular weight is 325 g/mol. The van der Waals surface area contributed by atoms with Crippen LogP contribution in [0.4, 0.5) is 4.79 Å². The molecular weight excluding hydrogens is 294 g/mol. The fourth-order valence-corrected chi connectivity index (χ4v) is 3.87. The van der Waals surface area contributed by atoms with Crippen molar-refractivity contribution in [1.82, 2.24) is 4.90 Å². The van der Waals surface area contributed by atoms with Gasteiger partial charge in [0.2, 0.25) is 0 Å². The second-order valence-corrected chi connectivity index (χ2v) is 9.05. The zero-order valence-electron chi connectivity index (χ0n) is 15.1. The van der Waals surface area contributed by atoms with E-state index in [0.717, 1.165) is 25.7 Å². The third-order valence-corrected chi connectivity index (χ3v) is 5.40. The summed E-state index contributed by atoms with van der Waals surface area (Å²) in [5.74, 6) is -1.09. The summed E-state index contributed by atoms with van der Waals surface area (Å²) < 4.78 is 5.59. The van der Waals surface area contributed by atoms with Crippen LogP contribution < -0.4 is 0 Å². The molecule has 1 heterocycles. The normalized spacial score (nSPS) is 26.8. The molecule has 132 valence electrons. The van der Waals surface area contributed by atoms with Gasteiger partial charge in [-0.25, -0.2) is 4.79 Å². The Morgan fingerprint density at radius 3 is 2.17 bits per heavy atom. The van der Waals surface area contributed by atoms with E-state index in [1.54, 1.807) is 0 Å². The largest absolute Gasteiger partial charge is 0.481 e. The topological polar surface area (TPSA) is 66.8 Å². The van der Waals surface area contributed by atoms with Gasteiger partial charge in [0.15, 0.2) is 0 Å². The highest BCUT2D eigenvalue weighted by atomic mass is 16.6. The number of aliphatic carboxylic acids is 1. The first-order valence-electron chi connectivity index (χ1n) is 8.68. The number of carbonyl (C=O) groups is 2. The van der Waals surface area contributed by atoms with Crippen LogP contribution in [0.2, 0.25) is 0 Å². The molecule has 1 spiro atoms. The lowest BCUT2D eigenvalue weighted by Crippen LogP contribution is -2.60. The van der Waals surface area contributed by atoms with Crippen molar-refractivity contribution < 1.29 is 19.4 Å². The minimum absolute atomic E-state index is 0.265. The molecule has 1 N–H and O–H groups in total. The van der Waals surface area contributed by atoms with Crippen LogP contribution in [0.15, 0.2) is 0 Å². The number of hydrogen-bond donors (Lipinski definition) is 1. The van der Waals surface area contributed by atoms with E-state index >= 15 is 0 Å². The Labute approximate surface area is 139 Å². The number of amides is 1. The fourth-order valence-electron chi connectivity index (χ4n) is 3.87. The zero-order chi connectivity index (χ0) is 17.5. The van der Waals surface area contributed by atoms with E-state index in [1.807, 2.05) is 25.7 Å². The lowest BCUT2D eigenvalue weighted by molar-refractivity contribution is -0.147. The Morgan fingerprint density at radius 2 is 1.70 bits per heavy atom. The number of piperidine rings is 1. The van der Waals surface area contributed by atoms with Crippen LogP contribution >= 0.6 is 0 Å². The fraction of sp³-hybridized carbons (Fsp3) is 0.889. The Hall–Kier alpha value is -1.26. The Kier molecular flexibility index (Phi) is 4.71. The maximum Gasteiger partial charge on any atom is 0.410 e. The van der Waals surface area contributed by atoms with Gasteiger partial charge in [-0.3, -0.25) is 4.79 Å². The summed E-state index contributed by atoms with van der Waals surface area (Å²) in [5.41, 5.74) is -0.615. The van der Waals surface area contributed by atoms with Gasteiger partial charge in [-0.15, -0.1) is 0 Å². The Balaban J connectivity index is 2.22. The van der Waals surface area contributed by atoms with Crippen molar-refractivity contribution in [3.63, 3.8) is 0 Å². The number of carboxylic acid groups (broad SMARTS) is 1. The first kappa shape index (κ1) is 18.1. The maximum atomic E-state index is 12.7. The number of carboxylic acids is 1. The third kappa shape index (κ3) is 4.18. The average Bonchev–Trinajstić information content (AvgIpc) is 2.40. The minimum atomic E-state index is -0.738. The molecule has 1 amide bonds. The van der Waals surface area contributed by atoms with Crippen molar-refractivity contribution in [3.8, 4) is 0 Å². The monoisotopic (exact) mass is 325 g/mol. The van der Waals surface area contributed by atoms with Gasteiger partial charge in [0.05, 0.1) is 5.92 Å². The molecule has 23 heavy (non-hydrogen) atoms. The lowest BCUT2D eigenvalue weighted by atomic mass is 9.64. The van der Waals surface area contributed by atoms with Crippen molar-refractivity contribution >= 4 is 12.1 Å². The van der Waals surface area contributed by atoms with Gasteiger partial charge < -0.3 is 14.7 Å². The number of likely N-dealkylation sites (tertiary alicyclic amines) is 1. The van der Waals surface area contributed by atoms with Crippen LogP contribution in [0.5, 0.6) is 0 Å². The molecule has 0 bridgehead atoms. The number of rotatable bonds is 1. The number of ether oxygens (including phenoxy) is 1. The van der Waals surface area contributed by atoms with E-state index in [4.69, 9.17) is 4.74 Å². The maximum absolute atomic E-state index is 12.7. The predicted octanol–water partition coefficient (Wildman–Crippen LogP) is 4.06. The summed E-state index contributed by atoms with van der Waals surface area (Å²) in [4.78, 5) is 26.0. The molecule has 1 saturated heterocycles. The van der Waals surface area contributed by atoms with Gasteiger partial charge in [0.1, 0.15) is 5.60 Å². The Morgan fingerprint density at radius 1 is 1.13 bits per heavy atom. The zero-order valence-corrected chi connectivity index (χ0v) is 15.1. The van der Waals surface area contributed by atoms with Gasteiger partial charge >= 0.3 is 12.1 Å². The van der Waals surface area contributed by atoms with E-state index in [1.165, 1.54) is 0 Å². The SMILES string of the molecule is CC1(C)CCC2(CC1)CC(C(=O)O)CCN2C(=O)OC(C)(C)C. The van der Waals surface area contributed by atoms with Gasteiger partial charge in [-0.1, -0.05) is 13.8 Å². The molecule has 0 aromatic rings. The number of carbonyl (C=O) groups excluding carboxylic acids is 1. The molecule has 1 unspecified atom stereocenters. The van der Waals surface area contributed by atoms with Crippen molar-refractivity contribution in [1.29, 1.82) is 0 Å². The van der Waals surface area contributed by atoms with Gasteiger partial charge in [0, 0.05) is 12.1 Å². The smallest absolute Gasteiger partial charge is 0.410 e. The molecule has 1 saturated carbocycles. The molecule has 0 aromatic heterocycles. The van der Waals surface area contributed by atoms with Crippen LogP contribution in [0.3, 0.4) is 0 Å². The van der Waals surface area contributed by atoms with Crippen LogP contribution in [0.25, 0.3) is 0 Å². The van der Waals surface area contributed by atoms with E-state index in [2.05, 4.69) is 13.8 Å². The highest BCUT2D eigenvalue weighted by molar-refractivity contribution is 5.73. The van der Waals surface area contributed by atoms with Crippen LogP contribution in [0, 0.1) is 11.3 Å². The van der Waals surface area contributed by atoms with Crippen LogP contribution in [-0.2, 0) is 9.53 Å². The molecule has 5 heteroatoms. The summed E-state index contributed by atoms with van der Waals surface area (Å²) in [6.45, 7) is 10.6. The van der Waals surface area contributed by atoms with Crippen LogP contribution in [-0.4, -0.2) is 39.8 Å². The molecule has 2 rings (SSSR count). The summed E-state index contributed by atoms with van der Waals surface area (Å²) in [6.07, 6.45) is 4.53. The summed E-state index contributed by atoms with van der Waals surface area (Å²) >= 11 is 0. The molecule has 0 aromatic carbocycles. The van der Waals surface area contributed by atoms with E-state index in [0.29, 0.717) is 19.4 Å². The number of hydrogen-bond acceptors (Lipinski definition) is 3. The first-order chi connectivity index (χ1) is 10.4. The second-order valence-electron chi connectivity index (χ2n) is 9.05. The summed E-state index contributed by atoms with van der Waals surface area (Å²) in [5, 5.41) is 9.43. The van der Waals surface area contributed by atoms with Crippen molar-refractivity contribution in [3.05, 3.63) is 0 Å². The van der Waals surface area contributed by atoms with E-state index < -0.39 is 11.6 Å². The van der Waals surface area contributed by atoms with E-state index in [-0.39, 0.29) is 23.0 Å². The minimum Gasteiger partial charge on any atom is -0.481 e. The molecule has 5 nitrogen and oxygen atoms in total. The van der Waals surface area contributed by atoms with Crippen LogP contribution in [0.1, 0.15) is 73.1 Å². The quantitative estimate of drug-likeness (QED) is 0.789. The van der Waals surface area contributed by atoms with E-state index in [9.17, 15) is 14.7 Å². The Bertz CT molecular complexity index is 468. The highest BCUT2D eigenvalue weighted by Crippen LogP contribution is 2.48. The molecule has 1 aliphatic carbocycles. The first-order valence-corrected chi connectivity index (χ1v) is 8.68.